The molecular weight excluding hydrogens is 76.1 g/mol. The Morgan fingerprint density at radius 3 is 2.00 bits per heavy atom. The molecule has 0 heterocycles. The number of hydrogen-bond acceptors (Lipinski definition) is 2. The molecule has 2 radical (unpaired) electrons. The maximum atomic E-state index is 8.79. The van der Waals surface area contributed by atoms with Gasteiger partial charge in [0.25, 0.3) is 0 Å². The summed E-state index contributed by atoms with van der Waals surface area (Å²) in [5, 5.41) is 8.50. The summed E-state index contributed by atoms with van der Waals surface area (Å²) in [7, 11) is -1.17. The van der Waals surface area contributed by atoms with Gasteiger partial charge in [0, 0.05) is 5.26 Å². The Balaban J connectivity index is 2.30. The first-order chi connectivity index (χ1) is 1.91. The van der Waals surface area contributed by atoms with Crippen LogP contribution in [-0.4, -0.2) is 9.65 Å². The van der Waals surface area contributed by atoms with E-state index in [1.165, 1.54) is 0 Å². The Hall–Kier alpha value is -0.223. The third-order valence-corrected chi connectivity index (χ3v) is 0.102. The van der Waals surface area contributed by atoms with Crippen LogP contribution in [0.25, 0.3) is 0 Å². The molecule has 0 saturated carbocycles. The first-order valence-electron chi connectivity index (χ1n) is 0.575. The highest BCUT2D eigenvalue weighted by Gasteiger charge is 1.63. The summed E-state index contributed by atoms with van der Waals surface area (Å²) in [5.74, 6) is 0. The molecule has 3 nitrogen and oxygen atoms in total. The van der Waals surface area contributed by atoms with E-state index in [1.54, 1.807) is 0 Å². The highest BCUT2D eigenvalue weighted by atomic mass is 28.2. The van der Waals surface area contributed by atoms with Crippen molar-refractivity contribution in [2.75, 3.05) is 0 Å². The van der Waals surface area contributed by atoms with E-state index in [0.29, 0.717) is 0 Å². The van der Waals surface area contributed by atoms with Crippen molar-refractivity contribution in [3.8, 4) is 0 Å². The van der Waals surface area contributed by atoms with Gasteiger partial charge >= 0.3 is 9.65 Å². The highest BCUT2D eigenvalue weighted by molar-refractivity contribution is 6.06. The zero-order chi connectivity index (χ0) is 3.41. The second-order valence-corrected chi connectivity index (χ2v) is 0.500. The standard InChI is InChI=1S/O3Si/c1-3-4-2. The molecular formula is O3Si. The second kappa shape index (κ2) is 2.78. The third-order valence-electron chi connectivity index (χ3n) is 0.0340. The van der Waals surface area contributed by atoms with Gasteiger partial charge in [-0.15, -0.1) is 0 Å². The van der Waals surface area contributed by atoms with Crippen molar-refractivity contribution < 1.29 is 14.3 Å². The van der Waals surface area contributed by atoms with Crippen molar-refractivity contribution >= 4 is 9.65 Å². The fourth-order valence-corrected chi connectivity index (χ4v) is 0. The van der Waals surface area contributed by atoms with E-state index in [1.807, 2.05) is 0 Å². The van der Waals surface area contributed by atoms with Crippen LogP contribution in [0.2, 0.25) is 0 Å². The summed E-state index contributed by atoms with van der Waals surface area (Å²) < 4.78 is 11.6. The largest absolute Gasteiger partial charge is 0.632 e. The van der Waals surface area contributed by atoms with Crippen LogP contribution < -0.4 is 0 Å². The van der Waals surface area contributed by atoms with Gasteiger partial charge in [0.2, 0.25) is 0 Å². The minimum Gasteiger partial charge on any atom is -0.324 e. The van der Waals surface area contributed by atoms with Crippen LogP contribution in [0.5, 0.6) is 0 Å². The molecule has 0 unspecified atom stereocenters. The average Bonchev–Trinajstić information content (AvgIpc) is 1.37. The average molecular weight is 76.1 g/mol. The fraction of sp³-hybridized carbons (Fsp3) is 0. The van der Waals surface area contributed by atoms with E-state index < -0.39 is 9.65 Å². The van der Waals surface area contributed by atoms with Gasteiger partial charge in [-0.05, 0) is 0 Å². The van der Waals surface area contributed by atoms with Crippen molar-refractivity contribution in [2.24, 2.45) is 0 Å². The van der Waals surface area contributed by atoms with Crippen LogP contribution >= 0.6 is 0 Å². The van der Waals surface area contributed by atoms with Crippen LogP contribution in [0, 0.1) is 0 Å². The molecule has 0 aliphatic heterocycles. The molecule has 0 rings (SSSR count). The van der Waals surface area contributed by atoms with Gasteiger partial charge in [0.15, 0.2) is 0 Å². The molecule has 4 heavy (non-hydrogen) atoms. The minimum atomic E-state index is -1.17. The van der Waals surface area contributed by atoms with E-state index in [2.05, 4.69) is 4.58 Å². The summed E-state index contributed by atoms with van der Waals surface area (Å²) >= 11 is 0. The van der Waals surface area contributed by atoms with Gasteiger partial charge in [-0.2, -0.15) is 0 Å². The smallest absolute Gasteiger partial charge is 0.324 e. The predicted molar refractivity (Wildman–Crippen MR) is 8.21 cm³/mol. The molecule has 0 spiro atoms. The van der Waals surface area contributed by atoms with Gasteiger partial charge in [-0.3, -0.25) is 0 Å². The van der Waals surface area contributed by atoms with Crippen LogP contribution in [0.1, 0.15) is 0 Å². The Labute approximate surface area is 25.1 Å². The summed E-state index contributed by atoms with van der Waals surface area (Å²) in [5.41, 5.74) is 0. The normalized spacial score (nSPS) is 5.25. The zero-order valence-electron chi connectivity index (χ0n) is 1.72. The van der Waals surface area contributed by atoms with Crippen LogP contribution in [0.3, 0.4) is 0 Å². The van der Waals surface area contributed by atoms with E-state index in [4.69, 9.17) is 9.72 Å². The lowest BCUT2D eigenvalue weighted by molar-refractivity contribution is -0.212. The molecule has 4 heteroatoms. The lowest BCUT2D eigenvalue weighted by Gasteiger charge is -1.54. The summed E-state index contributed by atoms with van der Waals surface area (Å²) in [6.07, 6.45) is 0. The second-order valence-electron chi connectivity index (χ2n) is 0.167. The SMILES string of the molecule is [O]O[Si]=O. The van der Waals surface area contributed by atoms with Crippen LogP contribution in [0.4, 0.5) is 0 Å². The molecule has 0 aliphatic rings. The van der Waals surface area contributed by atoms with Gasteiger partial charge in [0.1, 0.15) is 0 Å². The number of hydrogen-bond donors (Lipinski definition) is 0. The van der Waals surface area contributed by atoms with E-state index in [0.717, 1.165) is 0 Å². The highest BCUT2D eigenvalue weighted by Crippen LogP contribution is 1.34. The topological polar surface area (TPSA) is 46.2 Å². The molecule has 0 aliphatic carbocycles. The molecule has 0 aromatic rings. The zero-order valence-corrected chi connectivity index (χ0v) is 2.72. The Bertz CT molecular complexity index is 17.2. The van der Waals surface area contributed by atoms with E-state index in [9.17, 15) is 0 Å². The van der Waals surface area contributed by atoms with Crippen molar-refractivity contribution in [3.05, 3.63) is 0 Å². The van der Waals surface area contributed by atoms with E-state index in [-0.39, 0.29) is 0 Å². The quantitative estimate of drug-likeness (QED) is 0.236. The van der Waals surface area contributed by atoms with Gasteiger partial charge in [-0.25, -0.2) is 0 Å². The van der Waals surface area contributed by atoms with Gasteiger partial charge < -0.3 is 9.04 Å². The maximum absolute atomic E-state index is 8.79. The lowest BCUT2D eigenvalue weighted by Crippen LogP contribution is -1.70. The summed E-state index contributed by atoms with van der Waals surface area (Å²) in [6.45, 7) is 0. The minimum absolute atomic E-state index is 1.17. The molecule has 0 aromatic carbocycles. The van der Waals surface area contributed by atoms with Crippen molar-refractivity contribution in [2.45, 2.75) is 0 Å². The first-order valence-corrected chi connectivity index (χ1v) is 1.39. The lowest BCUT2D eigenvalue weighted by atomic mass is 15.0. The first kappa shape index (κ1) is 3.78. The summed E-state index contributed by atoms with van der Waals surface area (Å²) in [6, 6.07) is 0. The molecule has 22 valence electrons. The Morgan fingerprint density at radius 2 is 2.00 bits per heavy atom. The number of rotatable bonds is 1. The molecule has 0 bridgehead atoms. The van der Waals surface area contributed by atoms with Crippen molar-refractivity contribution in [1.82, 2.24) is 0 Å². The Morgan fingerprint density at radius 1 is 1.75 bits per heavy atom. The molecule has 0 fully saturated rings. The maximum Gasteiger partial charge on any atom is 0.632 e. The predicted octanol–water partition coefficient (Wildman–Crippen LogP) is -0.687. The molecule has 0 aromatic heterocycles. The molecule has 0 atom stereocenters. The molecule has 0 N–H and O–H groups in total. The van der Waals surface area contributed by atoms with E-state index >= 15 is 0 Å². The van der Waals surface area contributed by atoms with Gasteiger partial charge in [-0.1, -0.05) is 0 Å². The monoisotopic (exact) mass is 76.0 g/mol. The Kier molecular flexibility index (Phi) is 2.62. The fourth-order valence-electron chi connectivity index (χ4n) is 0. The third kappa shape index (κ3) is 1.78. The van der Waals surface area contributed by atoms with Crippen LogP contribution in [-0.2, 0) is 14.3 Å². The summed E-state index contributed by atoms with van der Waals surface area (Å²) in [4.78, 5) is 0. The molecule has 0 saturated heterocycles. The van der Waals surface area contributed by atoms with Gasteiger partial charge in [0.05, 0.1) is 0 Å². The van der Waals surface area contributed by atoms with Crippen molar-refractivity contribution in [3.63, 3.8) is 0 Å². The molecule has 0 amide bonds. The van der Waals surface area contributed by atoms with Crippen molar-refractivity contribution in [1.29, 1.82) is 0 Å². The van der Waals surface area contributed by atoms with Crippen LogP contribution in [0.15, 0.2) is 0 Å².